The zero-order valence-electron chi connectivity index (χ0n) is 18.4. The Morgan fingerprint density at radius 2 is 1.84 bits per heavy atom. The number of para-hydroxylation sites is 1. The zero-order chi connectivity index (χ0) is 21.2. The standard InChI is InChI=1S/C24H33N5O.HI/c1-3-4-15-26-23(30)20-12-10-19(11-13-20)17-27-24(25-2)28-21-14-16-29(18-21)22-8-6-5-7-9-22;/h5-13,21H,3-4,14-18H2,1-2H3,(H,26,30)(H2,25,27,28);1H. The lowest BCUT2D eigenvalue weighted by atomic mass is 10.1. The number of guanidine groups is 1. The summed E-state index contributed by atoms with van der Waals surface area (Å²) < 4.78 is 0. The lowest BCUT2D eigenvalue weighted by molar-refractivity contribution is 0.0953. The molecule has 2 aromatic rings. The maximum Gasteiger partial charge on any atom is 0.251 e. The molecule has 0 aromatic heterocycles. The van der Waals surface area contributed by atoms with E-state index in [0.29, 0.717) is 18.2 Å². The molecule has 0 spiro atoms. The Hall–Kier alpha value is -2.29. The molecule has 0 aliphatic carbocycles. The highest BCUT2D eigenvalue weighted by Gasteiger charge is 2.23. The molecule has 1 atom stereocenters. The summed E-state index contributed by atoms with van der Waals surface area (Å²) in [5, 5.41) is 9.85. The van der Waals surface area contributed by atoms with Crippen LogP contribution in [0.5, 0.6) is 0 Å². The normalized spacial score (nSPS) is 15.9. The molecule has 1 aliphatic rings. The summed E-state index contributed by atoms with van der Waals surface area (Å²) in [6, 6.07) is 18.6. The van der Waals surface area contributed by atoms with Crippen LogP contribution in [-0.2, 0) is 6.54 Å². The van der Waals surface area contributed by atoms with E-state index >= 15 is 0 Å². The van der Waals surface area contributed by atoms with Gasteiger partial charge in [-0.2, -0.15) is 0 Å². The van der Waals surface area contributed by atoms with Gasteiger partial charge in [0.1, 0.15) is 0 Å². The van der Waals surface area contributed by atoms with Crippen molar-refractivity contribution >= 4 is 41.5 Å². The van der Waals surface area contributed by atoms with Gasteiger partial charge in [-0.05, 0) is 42.7 Å². The Bertz CT molecular complexity index is 826. The SMILES string of the molecule is CCCCNC(=O)c1ccc(CNC(=NC)NC2CCN(c3ccccc3)C2)cc1.I. The van der Waals surface area contributed by atoms with Crippen LogP contribution in [0.25, 0.3) is 0 Å². The van der Waals surface area contributed by atoms with Crippen LogP contribution < -0.4 is 20.9 Å². The Morgan fingerprint density at radius 1 is 1.10 bits per heavy atom. The summed E-state index contributed by atoms with van der Waals surface area (Å²) in [4.78, 5) is 18.9. The van der Waals surface area contributed by atoms with Gasteiger partial charge in [0.15, 0.2) is 5.96 Å². The Labute approximate surface area is 202 Å². The third kappa shape index (κ3) is 7.72. The molecule has 0 saturated carbocycles. The maximum atomic E-state index is 12.1. The fraction of sp³-hybridized carbons (Fsp3) is 0.417. The summed E-state index contributed by atoms with van der Waals surface area (Å²) in [6.45, 7) is 5.51. The van der Waals surface area contributed by atoms with Crippen LogP contribution in [0.1, 0.15) is 42.1 Å². The highest BCUT2D eigenvalue weighted by molar-refractivity contribution is 14.0. The molecule has 168 valence electrons. The quantitative estimate of drug-likeness (QED) is 0.208. The van der Waals surface area contributed by atoms with Crippen molar-refractivity contribution in [2.75, 3.05) is 31.6 Å². The molecule has 1 amide bonds. The molecule has 3 N–H and O–H groups in total. The van der Waals surface area contributed by atoms with Crippen molar-refractivity contribution in [3.8, 4) is 0 Å². The molecule has 1 fully saturated rings. The second-order valence-corrected chi connectivity index (χ2v) is 7.64. The van der Waals surface area contributed by atoms with Gasteiger partial charge in [0.2, 0.25) is 0 Å². The minimum atomic E-state index is -0.00959. The number of carbonyl (C=O) groups is 1. The average Bonchev–Trinajstić information content (AvgIpc) is 3.26. The van der Waals surface area contributed by atoms with E-state index in [9.17, 15) is 4.79 Å². The van der Waals surface area contributed by atoms with E-state index in [1.54, 1.807) is 7.05 Å². The number of benzene rings is 2. The highest BCUT2D eigenvalue weighted by atomic mass is 127. The minimum absolute atomic E-state index is 0. The number of anilines is 1. The topological polar surface area (TPSA) is 68.8 Å². The van der Waals surface area contributed by atoms with Gasteiger partial charge in [0, 0.05) is 50.5 Å². The van der Waals surface area contributed by atoms with E-state index < -0.39 is 0 Å². The van der Waals surface area contributed by atoms with Crippen molar-refractivity contribution in [3.05, 3.63) is 65.7 Å². The Morgan fingerprint density at radius 3 is 2.52 bits per heavy atom. The number of halogens is 1. The molecular weight excluding hydrogens is 501 g/mol. The molecule has 1 unspecified atom stereocenters. The van der Waals surface area contributed by atoms with Crippen molar-refractivity contribution in [2.24, 2.45) is 4.99 Å². The summed E-state index contributed by atoms with van der Waals surface area (Å²) in [5.41, 5.74) is 3.08. The summed E-state index contributed by atoms with van der Waals surface area (Å²) in [7, 11) is 1.79. The number of carbonyl (C=O) groups excluding carboxylic acids is 1. The van der Waals surface area contributed by atoms with Crippen LogP contribution in [0.15, 0.2) is 59.6 Å². The largest absolute Gasteiger partial charge is 0.369 e. The maximum absolute atomic E-state index is 12.1. The van der Waals surface area contributed by atoms with Crippen LogP contribution in [0.2, 0.25) is 0 Å². The minimum Gasteiger partial charge on any atom is -0.369 e. The molecule has 0 radical (unpaired) electrons. The van der Waals surface area contributed by atoms with E-state index in [0.717, 1.165) is 50.4 Å². The van der Waals surface area contributed by atoms with E-state index in [-0.39, 0.29) is 29.9 Å². The van der Waals surface area contributed by atoms with Crippen LogP contribution >= 0.6 is 24.0 Å². The van der Waals surface area contributed by atoms with Crippen LogP contribution in [-0.4, -0.2) is 44.6 Å². The molecule has 1 heterocycles. The van der Waals surface area contributed by atoms with Gasteiger partial charge in [0.05, 0.1) is 0 Å². The molecule has 1 aliphatic heterocycles. The van der Waals surface area contributed by atoms with Crippen molar-refractivity contribution in [1.29, 1.82) is 0 Å². The van der Waals surface area contributed by atoms with Crippen LogP contribution in [0, 0.1) is 0 Å². The number of amides is 1. The monoisotopic (exact) mass is 535 g/mol. The second kappa shape index (κ2) is 13.2. The van der Waals surface area contributed by atoms with Crippen molar-refractivity contribution in [1.82, 2.24) is 16.0 Å². The van der Waals surface area contributed by atoms with E-state index in [4.69, 9.17) is 0 Å². The number of hydrogen-bond donors (Lipinski definition) is 3. The first-order valence-electron chi connectivity index (χ1n) is 10.8. The third-order valence-corrected chi connectivity index (χ3v) is 5.37. The lowest BCUT2D eigenvalue weighted by Crippen LogP contribution is -2.44. The third-order valence-electron chi connectivity index (χ3n) is 5.37. The number of hydrogen-bond acceptors (Lipinski definition) is 3. The molecule has 31 heavy (non-hydrogen) atoms. The van der Waals surface area contributed by atoms with Crippen molar-refractivity contribution in [3.63, 3.8) is 0 Å². The predicted molar refractivity (Wildman–Crippen MR) is 139 cm³/mol. The van der Waals surface area contributed by atoms with Crippen LogP contribution in [0.4, 0.5) is 5.69 Å². The van der Waals surface area contributed by atoms with Gasteiger partial charge in [0.25, 0.3) is 5.91 Å². The fourth-order valence-corrected chi connectivity index (χ4v) is 3.58. The Balaban J connectivity index is 0.00000341. The summed E-state index contributed by atoms with van der Waals surface area (Å²) in [6.07, 6.45) is 3.16. The van der Waals surface area contributed by atoms with Gasteiger partial charge in [-0.15, -0.1) is 24.0 Å². The lowest BCUT2D eigenvalue weighted by Gasteiger charge is -2.20. The molecule has 3 rings (SSSR count). The van der Waals surface area contributed by atoms with Gasteiger partial charge in [-0.25, -0.2) is 0 Å². The zero-order valence-corrected chi connectivity index (χ0v) is 20.8. The number of rotatable bonds is 8. The van der Waals surface area contributed by atoms with Gasteiger partial charge >= 0.3 is 0 Å². The smallest absolute Gasteiger partial charge is 0.251 e. The summed E-state index contributed by atoms with van der Waals surface area (Å²) in [5.74, 6) is 0.793. The van der Waals surface area contributed by atoms with Gasteiger partial charge in [-0.1, -0.05) is 43.7 Å². The second-order valence-electron chi connectivity index (χ2n) is 7.64. The molecule has 1 saturated heterocycles. The van der Waals surface area contributed by atoms with Crippen molar-refractivity contribution in [2.45, 2.75) is 38.8 Å². The van der Waals surface area contributed by atoms with E-state index in [1.165, 1.54) is 5.69 Å². The number of nitrogens with one attached hydrogen (secondary N) is 3. The average molecular weight is 535 g/mol. The first kappa shape index (κ1) is 25.0. The van der Waals surface area contributed by atoms with Crippen molar-refractivity contribution < 1.29 is 4.79 Å². The van der Waals surface area contributed by atoms with E-state index in [1.807, 2.05) is 30.3 Å². The molecule has 0 bridgehead atoms. The highest BCUT2D eigenvalue weighted by Crippen LogP contribution is 2.19. The van der Waals surface area contributed by atoms with Crippen LogP contribution in [0.3, 0.4) is 0 Å². The predicted octanol–water partition coefficient (Wildman–Crippen LogP) is 3.78. The Kier molecular flexibility index (Phi) is 10.6. The molecule has 7 heteroatoms. The van der Waals surface area contributed by atoms with Gasteiger partial charge < -0.3 is 20.9 Å². The molecular formula is C24H34IN5O. The molecule has 6 nitrogen and oxygen atoms in total. The first-order valence-corrected chi connectivity index (χ1v) is 10.8. The fourth-order valence-electron chi connectivity index (χ4n) is 3.58. The van der Waals surface area contributed by atoms with Gasteiger partial charge in [-0.3, -0.25) is 9.79 Å². The first-order chi connectivity index (χ1) is 14.7. The number of aliphatic imine (C=N–C) groups is 1. The summed E-state index contributed by atoms with van der Waals surface area (Å²) >= 11 is 0. The number of unbranched alkanes of at least 4 members (excludes halogenated alkanes) is 1. The van der Waals surface area contributed by atoms with E-state index in [2.05, 4.69) is 57.0 Å². The molecule has 2 aromatic carbocycles. The number of nitrogens with zero attached hydrogens (tertiary/aromatic N) is 2.